The van der Waals surface area contributed by atoms with Crippen LogP contribution in [0.4, 0.5) is 0 Å². The second-order valence-electron chi connectivity index (χ2n) is 3.37. The first kappa shape index (κ1) is 12.1. The van der Waals surface area contributed by atoms with E-state index in [1.807, 2.05) is 13.8 Å². The number of rotatable bonds is 1. The van der Waals surface area contributed by atoms with Gasteiger partial charge in [-0.05, 0) is 11.1 Å². The van der Waals surface area contributed by atoms with Crippen molar-refractivity contribution < 1.29 is 14.7 Å². The Balaban J connectivity index is 0.000000861. The fourth-order valence-corrected chi connectivity index (χ4v) is 1.79. The van der Waals surface area contributed by atoms with E-state index in [0.29, 0.717) is 16.7 Å². The Hall–Kier alpha value is -2.41. The molecule has 0 heterocycles. The molecule has 1 aliphatic carbocycles. The minimum atomic E-state index is -1.03. The summed E-state index contributed by atoms with van der Waals surface area (Å²) in [6, 6.07) is 6.78. The van der Waals surface area contributed by atoms with Crippen molar-refractivity contribution in [1.29, 1.82) is 1.43 Å². The van der Waals surface area contributed by atoms with Crippen molar-refractivity contribution in [3.8, 4) is 0 Å². The van der Waals surface area contributed by atoms with Gasteiger partial charge in [-0.1, -0.05) is 38.1 Å². The van der Waals surface area contributed by atoms with Gasteiger partial charge in [0, 0.05) is 12.0 Å². The molecular weight excluding hydrogens is 230 g/mol. The zero-order valence-corrected chi connectivity index (χ0v) is 10.2. The standard InChI is InChI=1S/C12H7NO3.C2H6/c1-13-11(12(15)16)9-6-10(14)8-5-3-2-4-7(8)9;1-2/h2-5H,6H2,(H,15,16);1-2H3/b11-9+;/i/hT. The zero-order valence-electron chi connectivity index (χ0n) is 11.2. The molecular formula is C14H13NO3. The molecule has 0 saturated heterocycles. The predicted octanol–water partition coefficient (Wildman–Crippen LogP) is 3.01. The minimum Gasteiger partial charge on any atom is -0.486 e. The number of benzene rings is 1. The Kier molecular flexibility index (Phi) is 3.87. The summed E-state index contributed by atoms with van der Waals surface area (Å²) >= 11 is 0. The Morgan fingerprint density at radius 2 is 2.00 bits per heavy atom. The average Bonchev–Trinajstić information content (AvgIpc) is 2.80. The number of carboxylic acids is 1. The largest absolute Gasteiger partial charge is 0.486 e. The second-order valence-corrected chi connectivity index (χ2v) is 3.37. The second kappa shape index (κ2) is 5.78. The number of ketones is 1. The fourth-order valence-electron chi connectivity index (χ4n) is 1.79. The first-order chi connectivity index (χ1) is 9.19. The van der Waals surface area contributed by atoms with E-state index >= 15 is 0 Å². The third-order valence-electron chi connectivity index (χ3n) is 2.48. The molecule has 4 nitrogen and oxygen atoms in total. The maximum Gasteiger partial charge on any atom is 0.334 e. The number of allylic oxidation sites excluding steroid dienone is 1. The van der Waals surface area contributed by atoms with Gasteiger partial charge in [0.25, 0.3) is 7.13 Å². The molecule has 0 amide bonds. The van der Waals surface area contributed by atoms with Gasteiger partial charge in [0.05, 0.1) is 6.57 Å². The third-order valence-corrected chi connectivity index (χ3v) is 2.48. The van der Waals surface area contributed by atoms with E-state index < -0.39 is 5.97 Å². The quantitative estimate of drug-likeness (QED) is 0.611. The number of Topliss-reactive ketones (excluding diaryl/α,β-unsaturated/α-hetero) is 1. The van der Waals surface area contributed by atoms with E-state index in [-0.39, 0.29) is 17.9 Å². The number of carboxylic acid groups (broad SMARTS) is 1. The predicted molar refractivity (Wildman–Crippen MR) is 67.9 cm³/mol. The Morgan fingerprint density at radius 3 is 2.56 bits per heavy atom. The molecule has 0 aromatic heterocycles. The van der Waals surface area contributed by atoms with Crippen LogP contribution in [0.2, 0.25) is 0 Å². The summed E-state index contributed by atoms with van der Waals surface area (Å²) in [5.41, 5.74) is 1.13. The van der Waals surface area contributed by atoms with Gasteiger partial charge < -0.3 is 5.11 Å². The molecule has 4 heteroatoms. The van der Waals surface area contributed by atoms with Crippen molar-refractivity contribution in [1.82, 2.24) is 0 Å². The third kappa shape index (κ3) is 2.30. The smallest absolute Gasteiger partial charge is 0.334 e. The van der Waals surface area contributed by atoms with Crippen molar-refractivity contribution in [2.24, 2.45) is 0 Å². The number of nitrogens with zero attached hydrogens (tertiary/aromatic N) is 1. The highest BCUT2D eigenvalue weighted by Gasteiger charge is 2.28. The molecule has 0 spiro atoms. The molecule has 0 atom stereocenters. The van der Waals surface area contributed by atoms with E-state index in [1.165, 1.54) is 0 Å². The lowest BCUT2D eigenvalue weighted by atomic mass is 10.1. The maximum atomic E-state index is 11.7. The molecule has 92 valence electrons. The lowest BCUT2D eigenvalue weighted by molar-refractivity contribution is -0.132. The zero-order chi connectivity index (χ0) is 14.4. The number of aliphatic carboxylic acids is 1. The van der Waals surface area contributed by atoms with Gasteiger partial charge >= 0.3 is 5.97 Å². The minimum absolute atomic E-state index is 0.00611. The van der Waals surface area contributed by atoms with E-state index in [1.54, 1.807) is 24.3 Å². The van der Waals surface area contributed by atoms with Gasteiger partial charge in [0.1, 0.15) is 0 Å². The van der Waals surface area contributed by atoms with Crippen LogP contribution in [0.15, 0.2) is 30.0 Å². The summed E-state index contributed by atoms with van der Waals surface area (Å²) in [7, 11) is 0. The molecule has 0 saturated carbocycles. The number of hydrogen-bond donors (Lipinski definition) is 1. The van der Waals surface area contributed by atoms with Gasteiger partial charge in [-0.25, -0.2) is 4.85 Å². The molecule has 0 fully saturated rings. The SMILES string of the molecule is CC.[3H]OC(=O)/C([N+]#[C-])=C1/CC(=O)c2ccccc21. The van der Waals surface area contributed by atoms with E-state index in [4.69, 9.17) is 8.00 Å². The maximum absolute atomic E-state index is 11.7. The monoisotopic (exact) mass is 245 g/mol. The van der Waals surface area contributed by atoms with Gasteiger partial charge in [-0.2, -0.15) is 0 Å². The first-order valence-corrected chi connectivity index (χ1v) is 5.59. The van der Waals surface area contributed by atoms with Crippen LogP contribution in [0, 0.1) is 6.57 Å². The van der Waals surface area contributed by atoms with Gasteiger partial charge in [0.2, 0.25) is 0 Å². The van der Waals surface area contributed by atoms with Crippen LogP contribution in [0.3, 0.4) is 0 Å². The number of fused-ring (bicyclic) bond motifs is 1. The van der Waals surface area contributed by atoms with Crippen LogP contribution in [-0.2, 0) is 4.79 Å². The molecule has 0 unspecified atom stereocenters. The van der Waals surface area contributed by atoms with E-state index in [2.05, 4.69) is 9.95 Å². The lowest BCUT2D eigenvalue weighted by Gasteiger charge is -2.00. The van der Waals surface area contributed by atoms with Crippen molar-refractivity contribution in [2.75, 3.05) is 0 Å². The van der Waals surface area contributed by atoms with Crippen LogP contribution in [-0.4, -0.2) is 16.9 Å². The first-order valence-electron chi connectivity index (χ1n) is 6.00. The molecule has 0 bridgehead atoms. The molecule has 0 radical (unpaired) electrons. The molecule has 1 N–H and O–H groups in total. The molecule has 18 heavy (non-hydrogen) atoms. The summed E-state index contributed by atoms with van der Waals surface area (Å²) in [5, 5.41) is 3.79. The van der Waals surface area contributed by atoms with Crippen LogP contribution < -0.4 is 0 Å². The van der Waals surface area contributed by atoms with Crippen molar-refractivity contribution in [2.45, 2.75) is 20.3 Å². The number of hydrogen-bond acceptors (Lipinski definition) is 3. The number of carbonyl (C=O) groups is 2. The fraction of sp³-hybridized carbons (Fsp3) is 0.214. The Labute approximate surface area is 107 Å². The van der Waals surface area contributed by atoms with Crippen LogP contribution in [0.25, 0.3) is 11.8 Å². The van der Waals surface area contributed by atoms with E-state index in [0.717, 1.165) is 0 Å². The van der Waals surface area contributed by atoms with E-state index in [9.17, 15) is 9.59 Å². The highest BCUT2D eigenvalue weighted by molar-refractivity contribution is 6.15. The van der Waals surface area contributed by atoms with Crippen molar-refractivity contribution >= 4 is 17.3 Å². The summed E-state index contributed by atoms with van der Waals surface area (Å²) < 4.78 is 6.53. The number of carbonyl (C=O) groups excluding carboxylic acids is 1. The van der Waals surface area contributed by atoms with Crippen LogP contribution >= 0.6 is 0 Å². The highest BCUT2D eigenvalue weighted by Crippen LogP contribution is 2.34. The Morgan fingerprint density at radius 1 is 1.39 bits per heavy atom. The summed E-state index contributed by atoms with van der Waals surface area (Å²) in [4.78, 5) is 26.0. The molecule has 1 aromatic carbocycles. The van der Waals surface area contributed by atoms with Crippen LogP contribution in [0.1, 0.15) is 36.2 Å². The van der Waals surface area contributed by atoms with Crippen LogP contribution in [0.5, 0.6) is 0 Å². The summed E-state index contributed by atoms with van der Waals surface area (Å²) in [6.07, 6.45) is 0.00611. The van der Waals surface area contributed by atoms with Crippen molar-refractivity contribution in [3.63, 3.8) is 0 Å². The van der Waals surface area contributed by atoms with Gasteiger partial charge in [-0.3, -0.25) is 9.59 Å². The molecule has 2 rings (SSSR count). The van der Waals surface area contributed by atoms with Gasteiger partial charge in [-0.15, -0.1) is 0 Å². The normalized spacial score (nSPS) is 15.6. The average molecular weight is 245 g/mol. The summed E-state index contributed by atoms with van der Waals surface area (Å²) in [6.45, 7) is 10.9. The molecule has 1 aliphatic rings. The summed E-state index contributed by atoms with van der Waals surface area (Å²) in [5.74, 6) is -1.16. The molecule has 0 aliphatic heterocycles. The Bertz CT molecular complexity index is 585. The highest BCUT2D eigenvalue weighted by atomic mass is 16.4. The molecule has 1 aromatic rings. The topological polar surface area (TPSA) is 58.7 Å². The van der Waals surface area contributed by atoms with Crippen molar-refractivity contribution in [3.05, 3.63) is 52.5 Å². The lowest BCUT2D eigenvalue weighted by Crippen LogP contribution is -1.99. The van der Waals surface area contributed by atoms with Gasteiger partial charge in [0.15, 0.2) is 5.78 Å².